The molecule has 1 aromatic carbocycles. The number of halogens is 3. The summed E-state index contributed by atoms with van der Waals surface area (Å²) in [7, 11) is 3.50. The second-order valence-electron chi connectivity index (χ2n) is 5.75. The lowest BCUT2D eigenvalue weighted by molar-refractivity contribution is -0.137. The minimum absolute atomic E-state index is 0.245. The molecule has 0 radical (unpaired) electrons. The number of alkyl halides is 3. The summed E-state index contributed by atoms with van der Waals surface area (Å²) in [4.78, 5) is 4.10. The highest BCUT2D eigenvalue weighted by Crippen LogP contribution is 2.29. The van der Waals surface area contributed by atoms with Gasteiger partial charge in [0.25, 0.3) is 0 Å². The fourth-order valence-corrected chi connectivity index (χ4v) is 2.51. The van der Waals surface area contributed by atoms with Gasteiger partial charge in [-0.25, -0.2) is 0 Å². The molecular formula is C17H22F3N5. The maximum atomic E-state index is 12.8. The van der Waals surface area contributed by atoms with E-state index in [4.69, 9.17) is 0 Å². The van der Waals surface area contributed by atoms with Crippen LogP contribution in [-0.4, -0.2) is 22.8 Å². The molecule has 0 saturated carbocycles. The van der Waals surface area contributed by atoms with Gasteiger partial charge in [-0.15, -0.1) is 0 Å². The van der Waals surface area contributed by atoms with Gasteiger partial charge in [-0.3, -0.25) is 9.67 Å². The zero-order valence-corrected chi connectivity index (χ0v) is 14.7. The summed E-state index contributed by atoms with van der Waals surface area (Å²) in [6.07, 6.45) is -4.34. The Hall–Kier alpha value is -2.51. The van der Waals surface area contributed by atoms with Gasteiger partial charge in [0.1, 0.15) is 0 Å². The van der Waals surface area contributed by atoms with Crippen LogP contribution in [0.2, 0.25) is 0 Å². The quantitative estimate of drug-likeness (QED) is 0.656. The normalized spacial score (nSPS) is 12.4. The third-order valence-corrected chi connectivity index (χ3v) is 4.03. The minimum Gasteiger partial charge on any atom is -0.352 e. The summed E-state index contributed by atoms with van der Waals surface area (Å²) >= 11 is 0. The first-order chi connectivity index (χ1) is 11.7. The van der Waals surface area contributed by atoms with Crippen LogP contribution in [0.1, 0.15) is 28.1 Å². The maximum Gasteiger partial charge on any atom is 0.416 e. The smallest absolute Gasteiger partial charge is 0.352 e. The van der Waals surface area contributed by atoms with Gasteiger partial charge < -0.3 is 10.6 Å². The molecule has 2 aromatic rings. The number of hydrogen-bond acceptors (Lipinski definition) is 2. The average molecular weight is 353 g/mol. The molecular weight excluding hydrogens is 331 g/mol. The van der Waals surface area contributed by atoms with Crippen LogP contribution in [0, 0.1) is 13.8 Å². The Bertz CT molecular complexity index is 762. The lowest BCUT2D eigenvalue weighted by atomic mass is 10.1. The van der Waals surface area contributed by atoms with Crippen molar-refractivity contribution in [2.24, 2.45) is 12.0 Å². The summed E-state index contributed by atoms with van der Waals surface area (Å²) in [5, 5.41) is 10.5. The van der Waals surface area contributed by atoms with Crippen molar-refractivity contribution in [2.75, 3.05) is 7.05 Å². The van der Waals surface area contributed by atoms with Gasteiger partial charge in [0.15, 0.2) is 5.96 Å². The van der Waals surface area contributed by atoms with Crippen LogP contribution in [0.25, 0.3) is 0 Å². The van der Waals surface area contributed by atoms with Crippen molar-refractivity contribution < 1.29 is 13.2 Å². The molecule has 0 saturated heterocycles. The van der Waals surface area contributed by atoms with E-state index in [-0.39, 0.29) is 6.54 Å². The first kappa shape index (κ1) is 18.8. The van der Waals surface area contributed by atoms with E-state index in [0.29, 0.717) is 18.1 Å². The molecule has 0 unspecified atom stereocenters. The maximum absolute atomic E-state index is 12.8. The number of hydrogen-bond donors (Lipinski definition) is 2. The van der Waals surface area contributed by atoms with Crippen molar-refractivity contribution in [3.8, 4) is 0 Å². The lowest BCUT2D eigenvalue weighted by Gasteiger charge is -2.13. The Labute approximate surface area is 145 Å². The van der Waals surface area contributed by atoms with Crippen molar-refractivity contribution in [3.05, 3.63) is 52.3 Å². The zero-order chi connectivity index (χ0) is 18.6. The van der Waals surface area contributed by atoms with Gasteiger partial charge in [-0.05, 0) is 31.5 Å². The van der Waals surface area contributed by atoms with Gasteiger partial charge in [0, 0.05) is 38.4 Å². The molecule has 0 spiro atoms. The van der Waals surface area contributed by atoms with Crippen LogP contribution < -0.4 is 10.6 Å². The molecule has 0 amide bonds. The first-order valence-electron chi connectivity index (χ1n) is 7.82. The number of rotatable bonds is 4. The van der Waals surface area contributed by atoms with E-state index in [1.807, 2.05) is 25.6 Å². The Morgan fingerprint density at radius 2 is 1.88 bits per heavy atom. The van der Waals surface area contributed by atoms with Gasteiger partial charge >= 0.3 is 6.18 Å². The fourth-order valence-electron chi connectivity index (χ4n) is 2.51. The van der Waals surface area contributed by atoms with Crippen molar-refractivity contribution >= 4 is 5.96 Å². The Balaban J connectivity index is 1.97. The average Bonchev–Trinajstić information content (AvgIpc) is 2.80. The van der Waals surface area contributed by atoms with Crippen LogP contribution in [-0.2, 0) is 26.3 Å². The Morgan fingerprint density at radius 1 is 1.20 bits per heavy atom. The molecule has 5 nitrogen and oxygen atoms in total. The third kappa shape index (κ3) is 4.74. The predicted octanol–water partition coefficient (Wildman–Crippen LogP) is 2.92. The van der Waals surface area contributed by atoms with Crippen molar-refractivity contribution in [3.63, 3.8) is 0 Å². The number of aromatic nitrogens is 2. The van der Waals surface area contributed by atoms with E-state index in [9.17, 15) is 13.2 Å². The highest BCUT2D eigenvalue weighted by molar-refractivity contribution is 5.79. The Morgan fingerprint density at radius 3 is 2.44 bits per heavy atom. The van der Waals surface area contributed by atoms with E-state index in [0.717, 1.165) is 29.1 Å². The number of nitrogens with one attached hydrogen (secondary N) is 2. The fraction of sp³-hybridized carbons (Fsp3) is 0.412. The summed E-state index contributed by atoms with van der Waals surface area (Å²) in [6, 6.07) is 5.24. The topological polar surface area (TPSA) is 54.2 Å². The minimum atomic E-state index is -4.34. The number of aliphatic imine (C=N–C) groups is 1. The zero-order valence-electron chi connectivity index (χ0n) is 14.7. The van der Waals surface area contributed by atoms with E-state index in [1.165, 1.54) is 6.07 Å². The first-order valence-corrected chi connectivity index (χ1v) is 7.82. The summed E-state index contributed by atoms with van der Waals surface area (Å²) in [6.45, 7) is 4.70. The molecule has 0 aliphatic carbocycles. The number of benzene rings is 1. The van der Waals surface area contributed by atoms with E-state index < -0.39 is 11.7 Å². The summed E-state index contributed by atoms with van der Waals surface area (Å²) in [5.41, 5.74) is 2.94. The number of aryl methyl sites for hydroxylation is 2. The SMILES string of the molecule is CN=C(NCc1cccc(C(F)(F)F)c1)NCc1c(C)nn(C)c1C. The molecule has 2 N–H and O–H groups in total. The van der Waals surface area contributed by atoms with Crippen LogP contribution in [0.4, 0.5) is 13.2 Å². The predicted molar refractivity (Wildman–Crippen MR) is 91.2 cm³/mol. The summed E-state index contributed by atoms with van der Waals surface area (Å²) in [5.74, 6) is 0.514. The molecule has 0 bridgehead atoms. The van der Waals surface area contributed by atoms with Crippen LogP contribution in [0.15, 0.2) is 29.3 Å². The monoisotopic (exact) mass is 353 g/mol. The lowest BCUT2D eigenvalue weighted by Crippen LogP contribution is -2.36. The largest absolute Gasteiger partial charge is 0.416 e. The van der Waals surface area contributed by atoms with Crippen LogP contribution in [0.3, 0.4) is 0 Å². The molecule has 0 atom stereocenters. The second kappa shape index (κ2) is 7.58. The summed E-state index contributed by atoms with van der Waals surface area (Å²) < 4.78 is 40.1. The van der Waals surface area contributed by atoms with Crippen LogP contribution in [0.5, 0.6) is 0 Å². The molecule has 0 aliphatic rings. The van der Waals surface area contributed by atoms with Crippen molar-refractivity contribution in [1.29, 1.82) is 0 Å². The van der Waals surface area contributed by atoms with Crippen LogP contribution >= 0.6 is 0 Å². The number of nitrogens with zero attached hydrogens (tertiary/aromatic N) is 3. The molecule has 2 rings (SSSR count). The second-order valence-corrected chi connectivity index (χ2v) is 5.75. The number of guanidine groups is 1. The van der Waals surface area contributed by atoms with Gasteiger partial charge in [0.2, 0.25) is 0 Å². The van der Waals surface area contributed by atoms with Gasteiger partial charge in [-0.2, -0.15) is 18.3 Å². The van der Waals surface area contributed by atoms with Gasteiger partial charge in [-0.1, -0.05) is 12.1 Å². The molecule has 136 valence electrons. The molecule has 1 heterocycles. The van der Waals surface area contributed by atoms with Crippen molar-refractivity contribution in [1.82, 2.24) is 20.4 Å². The van der Waals surface area contributed by atoms with E-state index >= 15 is 0 Å². The van der Waals surface area contributed by atoms with E-state index in [1.54, 1.807) is 13.1 Å². The highest BCUT2D eigenvalue weighted by atomic mass is 19.4. The standard InChI is InChI=1S/C17H22F3N5/c1-11-15(12(2)25(4)24-11)10-23-16(21-3)22-9-13-6-5-7-14(8-13)17(18,19)20/h5-8H,9-10H2,1-4H3,(H2,21,22,23). The Kier molecular flexibility index (Phi) is 5.71. The molecule has 8 heteroatoms. The van der Waals surface area contributed by atoms with Crippen molar-refractivity contribution in [2.45, 2.75) is 33.1 Å². The molecule has 0 aliphatic heterocycles. The van der Waals surface area contributed by atoms with Gasteiger partial charge in [0.05, 0.1) is 11.3 Å². The van der Waals surface area contributed by atoms with E-state index in [2.05, 4.69) is 20.7 Å². The third-order valence-electron chi connectivity index (χ3n) is 4.03. The highest BCUT2D eigenvalue weighted by Gasteiger charge is 2.30. The molecule has 1 aromatic heterocycles. The molecule has 25 heavy (non-hydrogen) atoms. The molecule has 0 fully saturated rings.